The zero-order chi connectivity index (χ0) is 24.3. The van der Waals surface area contributed by atoms with E-state index in [2.05, 4.69) is 10.1 Å². The van der Waals surface area contributed by atoms with Crippen LogP contribution in [-0.2, 0) is 16.0 Å². The van der Waals surface area contributed by atoms with Crippen molar-refractivity contribution in [3.63, 3.8) is 0 Å². The first-order valence-corrected chi connectivity index (χ1v) is 10.6. The molecule has 34 heavy (non-hydrogen) atoms. The van der Waals surface area contributed by atoms with Crippen molar-refractivity contribution in [2.45, 2.75) is 19.7 Å². The summed E-state index contributed by atoms with van der Waals surface area (Å²) in [5.41, 5.74) is 2.85. The van der Waals surface area contributed by atoms with E-state index in [1.165, 1.54) is 12.1 Å². The minimum atomic E-state index is -4.85. The molecule has 174 valence electrons. The predicted molar refractivity (Wildman–Crippen MR) is 122 cm³/mol. The average molecular weight is 466 g/mol. The number of alkyl halides is 3. The van der Waals surface area contributed by atoms with E-state index in [4.69, 9.17) is 0 Å². The molecule has 2 amide bonds. The second-order valence-electron chi connectivity index (χ2n) is 7.81. The zero-order valence-corrected chi connectivity index (χ0v) is 18.2. The Morgan fingerprint density at radius 2 is 1.59 bits per heavy atom. The second-order valence-corrected chi connectivity index (χ2v) is 7.81. The minimum absolute atomic E-state index is 0.00562. The van der Waals surface area contributed by atoms with Gasteiger partial charge in [-0.2, -0.15) is 0 Å². The summed E-state index contributed by atoms with van der Waals surface area (Å²) in [6, 6.07) is 21.7. The summed E-state index contributed by atoms with van der Waals surface area (Å²) in [5.74, 6) is -1.44. The summed E-state index contributed by atoms with van der Waals surface area (Å²) in [7, 11) is 0. The molecule has 0 radical (unpaired) electrons. The topological polar surface area (TPSA) is 58.6 Å². The van der Waals surface area contributed by atoms with Gasteiger partial charge in [0.1, 0.15) is 11.4 Å². The molecular weight excluding hydrogens is 445 g/mol. The fourth-order valence-electron chi connectivity index (χ4n) is 3.68. The van der Waals surface area contributed by atoms with Crippen molar-refractivity contribution in [1.82, 2.24) is 4.90 Å². The molecule has 0 spiro atoms. The normalized spacial score (nSPS) is 14.1. The van der Waals surface area contributed by atoms with Gasteiger partial charge in [-0.25, -0.2) is 0 Å². The van der Waals surface area contributed by atoms with Gasteiger partial charge in [-0.05, 0) is 36.6 Å². The largest absolute Gasteiger partial charge is 0.573 e. The fraction of sp³-hybridized carbons (Fsp3) is 0.154. The molecule has 0 bridgehead atoms. The van der Waals surface area contributed by atoms with Crippen LogP contribution in [0.3, 0.4) is 0 Å². The van der Waals surface area contributed by atoms with Crippen molar-refractivity contribution >= 4 is 23.1 Å². The number of halogens is 3. The highest BCUT2D eigenvalue weighted by Crippen LogP contribution is 2.32. The molecule has 0 saturated heterocycles. The quantitative estimate of drug-likeness (QED) is 0.479. The van der Waals surface area contributed by atoms with E-state index in [1.54, 1.807) is 12.1 Å². The smallest absolute Gasteiger partial charge is 0.406 e. The lowest BCUT2D eigenvalue weighted by molar-refractivity contribution is -0.274. The number of ether oxygens (including phenoxy) is 1. The van der Waals surface area contributed by atoms with Gasteiger partial charge >= 0.3 is 6.36 Å². The number of nitrogens with one attached hydrogen (secondary N) is 1. The van der Waals surface area contributed by atoms with Gasteiger partial charge in [-0.1, -0.05) is 66.2 Å². The summed E-state index contributed by atoms with van der Waals surface area (Å²) in [6.07, 6.45) is -4.37. The lowest BCUT2D eigenvalue weighted by atomic mass is 10.0. The molecular formula is C26H21F3N2O3. The van der Waals surface area contributed by atoms with Gasteiger partial charge in [0.15, 0.2) is 0 Å². The summed E-state index contributed by atoms with van der Waals surface area (Å²) in [6.45, 7) is 2.07. The number of aryl methyl sites for hydroxylation is 1. The van der Waals surface area contributed by atoms with Crippen molar-refractivity contribution in [2.24, 2.45) is 0 Å². The van der Waals surface area contributed by atoms with E-state index in [0.29, 0.717) is 12.0 Å². The first-order chi connectivity index (χ1) is 16.2. The van der Waals surface area contributed by atoms with Crippen LogP contribution in [0, 0.1) is 6.92 Å². The van der Waals surface area contributed by atoms with Gasteiger partial charge in [0.05, 0.1) is 5.57 Å². The Balaban J connectivity index is 1.66. The lowest BCUT2D eigenvalue weighted by Crippen LogP contribution is -2.34. The molecule has 4 rings (SSSR count). The molecule has 0 aliphatic carbocycles. The van der Waals surface area contributed by atoms with Crippen LogP contribution in [0.2, 0.25) is 0 Å². The average Bonchev–Trinajstić information content (AvgIpc) is 3.02. The van der Waals surface area contributed by atoms with Crippen LogP contribution in [-0.4, -0.2) is 29.6 Å². The summed E-state index contributed by atoms with van der Waals surface area (Å²) < 4.78 is 41.8. The molecule has 1 aliphatic rings. The number of hydrogen-bond acceptors (Lipinski definition) is 4. The van der Waals surface area contributed by atoms with Gasteiger partial charge in [-0.15, -0.1) is 13.2 Å². The van der Waals surface area contributed by atoms with E-state index in [0.717, 1.165) is 28.2 Å². The molecule has 5 nitrogen and oxygen atoms in total. The van der Waals surface area contributed by atoms with Crippen LogP contribution in [0.5, 0.6) is 5.75 Å². The lowest BCUT2D eigenvalue weighted by Gasteiger charge is -2.15. The van der Waals surface area contributed by atoms with Crippen LogP contribution in [0.25, 0.3) is 5.57 Å². The number of anilines is 1. The Labute approximate surface area is 194 Å². The number of rotatable bonds is 7. The van der Waals surface area contributed by atoms with Crippen molar-refractivity contribution in [1.29, 1.82) is 0 Å². The monoisotopic (exact) mass is 466 g/mol. The van der Waals surface area contributed by atoms with E-state index >= 15 is 0 Å². The number of benzene rings is 3. The van der Waals surface area contributed by atoms with Crippen LogP contribution >= 0.6 is 0 Å². The van der Waals surface area contributed by atoms with Gasteiger partial charge in [0.25, 0.3) is 11.8 Å². The van der Waals surface area contributed by atoms with Gasteiger partial charge in [0.2, 0.25) is 0 Å². The summed E-state index contributed by atoms with van der Waals surface area (Å²) in [4.78, 5) is 27.7. The third-order valence-corrected chi connectivity index (χ3v) is 5.31. The Hall–Kier alpha value is -4.07. The van der Waals surface area contributed by atoms with Crippen LogP contribution in [0.1, 0.15) is 16.7 Å². The van der Waals surface area contributed by atoms with Gasteiger partial charge < -0.3 is 10.1 Å². The predicted octanol–water partition coefficient (Wildman–Crippen LogP) is 5.33. The molecule has 0 atom stereocenters. The van der Waals surface area contributed by atoms with Crippen molar-refractivity contribution in [2.75, 3.05) is 11.9 Å². The number of hydrogen-bond donors (Lipinski definition) is 1. The molecule has 8 heteroatoms. The van der Waals surface area contributed by atoms with Gasteiger partial charge in [-0.3, -0.25) is 14.5 Å². The maximum Gasteiger partial charge on any atom is 0.573 e. The number of carbonyl (C=O) groups excluding carboxylic acids is 2. The van der Waals surface area contributed by atoms with Crippen LogP contribution in [0.4, 0.5) is 18.9 Å². The summed E-state index contributed by atoms with van der Waals surface area (Å²) in [5, 5.41) is 2.86. The maximum absolute atomic E-state index is 13.3. The second kappa shape index (κ2) is 9.43. The van der Waals surface area contributed by atoms with Crippen molar-refractivity contribution < 1.29 is 27.5 Å². The number of carbonyl (C=O) groups is 2. The Morgan fingerprint density at radius 1 is 0.882 bits per heavy atom. The van der Waals surface area contributed by atoms with E-state index in [-0.39, 0.29) is 23.5 Å². The Morgan fingerprint density at radius 3 is 2.26 bits per heavy atom. The zero-order valence-electron chi connectivity index (χ0n) is 18.2. The highest BCUT2D eigenvalue weighted by molar-refractivity contribution is 6.36. The third kappa shape index (κ3) is 5.28. The molecule has 0 fully saturated rings. The first kappa shape index (κ1) is 23.1. The Kier molecular flexibility index (Phi) is 6.40. The SMILES string of the molecule is Cc1ccc(C2=C(Nc3cccc(OC(F)(F)F)c3)C(=O)N(CCc3ccccc3)C2=O)cc1. The van der Waals surface area contributed by atoms with E-state index < -0.39 is 23.9 Å². The highest BCUT2D eigenvalue weighted by atomic mass is 19.4. The minimum Gasteiger partial charge on any atom is -0.406 e. The molecule has 3 aromatic rings. The molecule has 1 N–H and O–H groups in total. The van der Waals surface area contributed by atoms with Crippen molar-refractivity contribution in [3.8, 4) is 5.75 Å². The molecule has 3 aromatic carbocycles. The molecule has 0 saturated carbocycles. The first-order valence-electron chi connectivity index (χ1n) is 10.6. The number of imide groups is 1. The molecule has 0 aromatic heterocycles. The number of amides is 2. The van der Waals surface area contributed by atoms with Crippen molar-refractivity contribution in [3.05, 3.63) is 101 Å². The van der Waals surface area contributed by atoms with E-state index in [9.17, 15) is 22.8 Å². The van der Waals surface area contributed by atoms with Crippen LogP contribution in [0.15, 0.2) is 84.6 Å². The fourth-order valence-corrected chi connectivity index (χ4v) is 3.68. The maximum atomic E-state index is 13.3. The standard InChI is InChI=1S/C26H21F3N2O3/c1-17-10-12-19(13-11-17)22-23(30-20-8-5-9-21(16-20)34-26(27,28)29)25(33)31(24(22)32)15-14-18-6-3-2-4-7-18/h2-13,16,30H,14-15H2,1H3. The summed E-state index contributed by atoms with van der Waals surface area (Å²) >= 11 is 0. The van der Waals surface area contributed by atoms with Crippen LogP contribution < -0.4 is 10.1 Å². The number of nitrogens with zero attached hydrogens (tertiary/aromatic N) is 1. The highest BCUT2D eigenvalue weighted by Gasteiger charge is 2.39. The van der Waals surface area contributed by atoms with Gasteiger partial charge in [0, 0.05) is 18.3 Å². The van der Waals surface area contributed by atoms with E-state index in [1.807, 2.05) is 49.4 Å². The molecule has 1 heterocycles. The Bertz CT molecular complexity index is 1240. The molecule has 0 unspecified atom stereocenters. The molecule has 1 aliphatic heterocycles. The third-order valence-electron chi connectivity index (χ3n) is 5.31.